The molecule has 24 heavy (non-hydrogen) atoms. The number of hydrogen-bond acceptors (Lipinski definition) is 8. The maximum absolute atomic E-state index is 12.2. The van der Waals surface area contributed by atoms with E-state index in [-0.39, 0.29) is 24.6 Å². The zero-order valence-electron chi connectivity index (χ0n) is 13.6. The Morgan fingerprint density at radius 3 is 2.58 bits per heavy atom. The summed E-state index contributed by atoms with van der Waals surface area (Å²) in [4.78, 5) is 25.6. The minimum Gasteiger partial charge on any atom is -0.466 e. The Hall–Kier alpha value is -3.05. The average Bonchev–Trinajstić information content (AvgIpc) is 2.65. The maximum Gasteiger partial charge on any atom is 0.355 e. The zero-order valence-corrected chi connectivity index (χ0v) is 13.6. The molecule has 0 fully saturated rings. The van der Waals surface area contributed by atoms with Gasteiger partial charge in [0.1, 0.15) is 18.5 Å². The summed E-state index contributed by atoms with van der Waals surface area (Å²) < 4.78 is 14.9. The number of nitriles is 1. The highest BCUT2D eigenvalue weighted by atomic mass is 16.5. The van der Waals surface area contributed by atoms with Crippen LogP contribution in [0.2, 0.25) is 0 Å². The van der Waals surface area contributed by atoms with E-state index in [0.29, 0.717) is 16.9 Å². The molecule has 0 unspecified atom stereocenters. The Morgan fingerprint density at radius 1 is 1.29 bits per heavy atom. The van der Waals surface area contributed by atoms with Crippen molar-refractivity contribution in [1.82, 2.24) is 0 Å². The summed E-state index contributed by atoms with van der Waals surface area (Å²) in [5.74, 6) is -1.36. The van der Waals surface area contributed by atoms with Gasteiger partial charge >= 0.3 is 11.9 Å². The molecular formula is C16H17N3O5. The zero-order chi connectivity index (χ0) is 17.7. The fourth-order valence-electron chi connectivity index (χ4n) is 2.36. The predicted octanol–water partition coefficient (Wildman–Crippen LogP) is 0.994. The molecular weight excluding hydrogens is 314 g/mol. The molecule has 8 nitrogen and oxygen atoms in total. The van der Waals surface area contributed by atoms with Crippen molar-refractivity contribution in [2.24, 2.45) is 0 Å². The van der Waals surface area contributed by atoms with Crippen LogP contribution in [-0.4, -0.2) is 46.5 Å². The number of esters is 2. The van der Waals surface area contributed by atoms with Gasteiger partial charge in [-0.1, -0.05) is 0 Å². The van der Waals surface area contributed by atoms with Crippen LogP contribution in [0, 0.1) is 11.3 Å². The summed E-state index contributed by atoms with van der Waals surface area (Å²) in [6.45, 7) is -0.0258. The third-order valence-electron chi connectivity index (χ3n) is 3.54. The number of anilines is 2. The van der Waals surface area contributed by atoms with Gasteiger partial charge in [0.25, 0.3) is 0 Å². The summed E-state index contributed by atoms with van der Waals surface area (Å²) in [5.41, 5.74) is 1.66. The van der Waals surface area contributed by atoms with E-state index in [1.807, 2.05) is 0 Å². The number of ether oxygens (including phenoxy) is 3. The first-order valence-corrected chi connectivity index (χ1v) is 7.04. The Labute approximate surface area is 139 Å². The number of carbonyl (C=O) groups is 2. The van der Waals surface area contributed by atoms with Crippen molar-refractivity contribution in [3.63, 3.8) is 0 Å². The van der Waals surface area contributed by atoms with Gasteiger partial charge < -0.3 is 24.4 Å². The molecule has 0 spiro atoms. The first-order valence-electron chi connectivity index (χ1n) is 7.04. The molecule has 0 aliphatic carbocycles. The molecule has 1 aliphatic rings. The first kappa shape index (κ1) is 17.3. The molecule has 1 N–H and O–H groups in total. The van der Waals surface area contributed by atoms with Crippen LogP contribution in [0.4, 0.5) is 11.4 Å². The Balaban J connectivity index is 2.57. The van der Waals surface area contributed by atoms with E-state index in [0.717, 1.165) is 0 Å². The van der Waals surface area contributed by atoms with Crippen molar-refractivity contribution in [2.45, 2.75) is 0 Å². The lowest BCUT2D eigenvalue weighted by Crippen LogP contribution is -2.38. The molecule has 0 amide bonds. The Morgan fingerprint density at radius 2 is 2.00 bits per heavy atom. The second-order valence-electron chi connectivity index (χ2n) is 4.81. The van der Waals surface area contributed by atoms with Crippen LogP contribution >= 0.6 is 0 Å². The number of methoxy groups -OCH3 is 2. The summed E-state index contributed by atoms with van der Waals surface area (Å²) in [7, 11) is 4.15. The van der Waals surface area contributed by atoms with Crippen molar-refractivity contribution in [2.75, 3.05) is 44.8 Å². The minimum absolute atomic E-state index is 0.0364. The summed E-state index contributed by atoms with van der Waals surface area (Å²) in [6, 6.07) is 7.08. The first-order chi connectivity index (χ1) is 11.6. The third-order valence-corrected chi connectivity index (χ3v) is 3.54. The van der Waals surface area contributed by atoms with E-state index in [9.17, 15) is 14.9 Å². The number of nitrogens with zero attached hydrogens (tertiary/aromatic N) is 2. The number of nitrogens with one attached hydrogen (secondary N) is 1. The molecule has 0 radical (unpaired) electrons. The van der Waals surface area contributed by atoms with E-state index >= 15 is 0 Å². The summed E-state index contributed by atoms with van der Waals surface area (Å²) >= 11 is 0. The van der Waals surface area contributed by atoms with Crippen LogP contribution in [0.25, 0.3) is 0 Å². The van der Waals surface area contributed by atoms with Crippen LogP contribution in [0.5, 0.6) is 0 Å². The lowest BCUT2D eigenvalue weighted by Gasteiger charge is -2.31. The van der Waals surface area contributed by atoms with E-state index in [1.54, 1.807) is 25.2 Å². The maximum atomic E-state index is 12.2. The molecule has 0 saturated carbocycles. The van der Waals surface area contributed by atoms with Gasteiger partial charge in [-0.15, -0.1) is 0 Å². The quantitative estimate of drug-likeness (QED) is 0.815. The molecule has 126 valence electrons. The van der Waals surface area contributed by atoms with Crippen molar-refractivity contribution >= 4 is 23.3 Å². The monoisotopic (exact) mass is 331 g/mol. The van der Waals surface area contributed by atoms with E-state index < -0.39 is 11.9 Å². The molecule has 1 aromatic carbocycles. The van der Waals surface area contributed by atoms with Crippen molar-refractivity contribution in [1.29, 1.82) is 5.26 Å². The van der Waals surface area contributed by atoms with Crippen LogP contribution in [0.3, 0.4) is 0 Å². The topological polar surface area (TPSA) is 101 Å². The SMILES string of the molecule is CNc1ccc(N2COCC(C(=O)OC)=C2C(=O)OC)cc1C#N. The molecule has 0 aromatic heterocycles. The van der Waals surface area contributed by atoms with Gasteiger partial charge in [0, 0.05) is 12.7 Å². The highest BCUT2D eigenvalue weighted by molar-refractivity contribution is 6.03. The van der Waals surface area contributed by atoms with Crippen LogP contribution < -0.4 is 10.2 Å². The Bertz CT molecular complexity index is 736. The summed E-state index contributed by atoms with van der Waals surface area (Å²) in [5, 5.41) is 12.2. The van der Waals surface area contributed by atoms with Crippen LogP contribution in [0.1, 0.15) is 5.56 Å². The largest absolute Gasteiger partial charge is 0.466 e. The van der Waals surface area contributed by atoms with E-state index in [1.165, 1.54) is 19.1 Å². The smallest absolute Gasteiger partial charge is 0.355 e. The lowest BCUT2D eigenvalue weighted by atomic mass is 10.1. The van der Waals surface area contributed by atoms with E-state index in [4.69, 9.17) is 14.2 Å². The van der Waals surface area contributed by atoms with Gasteiger partial charge in [-0.05, 0) is 18.2 Å². The molecule has 0 atom stereocenters. The standard InChI is InChI=1S/C16H17N3O5/c1-18-13-5-4-11(6-10(13)7-17)19-9-24-8-12(15(20)22-2)14(19)16(21)23-3/h4-6,18H,8-9H2,1-3H3. The highest BCUT2D eigenvalue weighted by Gasteiger charge is 2.32. The van der Waals surface area contributed by atoms with Gasteiger partial charge in [-0.2, -0.15) is 5.26 Å². The summed E-state index contributed by atoms with van der Waals surface area (Å²) in [6.07, 6.45) is 0. The molecule has 2 rings (SSSR count). The Kier molecular flexibility index (Phi) is 5.39. The molecule has 1 heterocycles. The van der Waals surface area contributed by atoms with Crippen molar-refractivity contribution < 1.29 is 23.8 Å². The highest BCUT2D eigenvalue weighted by Crippen LogP contribution is 2.29. The van der Waals surface area contributed by atoms with E-state index in [2.05, 4.69) is 11.4 Å². The molecule has 1 aliphatic heterocycles. The van der Waals surface area contributed by atoms with Gasteiger partial charge in [-0.3, -0.25) is 0 Å². The fourth-order valence-corrected chi connectivity index (χ4v) is 2.36. The molecule has 0 saturated heterocycles. The van der Waals surface area contributed by atoms with Gasteiger partial charge in [0.05, 0.1) is 37.7 Å². The van der Waals surface area contributed by atoms with Crippen LogP contribution in [0.15, 0.2) is 29.5 Å². The number of benzene rings is 1. The molecule has 0 bridgehead atoms. The number of hydrogen-bond donors (Lipinski definition) is 1. The normalized spacial score (nSPS) is 14.0. The molecule has 1 aromatic rings. The van der Waals surface area contributed by atoms with Gasteiger partial charge in [0.2, 0.25) is 0 Å². The third kappa shape index (κ3) is 3.16. The predicted molar refractivity (Wildman–Crippen MR) is 85.1 cm³/mol. The van der Waals surface area contributed by atoms with Gasteiger partial charge in [0.15, 0.2) is 0 Å². The number of rotatable bonds is 4. The number of carbonyl (C=O) groups excluding carboxylic acids is 2. The average molecular weight is 331 g/mol. The van der Waals surface area contributed by atoms with Gasteiger partial charge in [-0.25, -0.2) is 9.59 Å². The second-order valence-corrected chi connectivity index (χ2v) is 4.81. The van der Waals surface area contributed by atoms with Crippen LogP contribution in [-0.2, 0) is 23.8 Å². The minimum atomic E-state index is -0.685. The fraction of sp³-hybridized carbons (Fsp3) is 0.312. The van der Waals surface area contributed by atoms with Crippen molar-refractivity contribution in [3.05, 3.63) is 35.0 Å². The molecule has 8 heteroatoms. The second kappa shape index (κ2) is 7.48. The lowest BCUT2D eigenvalue weighted by molar-refractivity contribution is -0.140. The van der Waals surface area contributed by atoms with Crippen molar-refractivity contribution in [3.8, 4) is 6.07 Å².